The SMILES string of the molecule is NC(=O)C[C@H](N)C(=O)[O-].[Li+]. The Balaban J connectivity index is 0. The van der Waals surface area contributed by atoms with Crippen LogP contribution in [-0.4, -0.2) is 17.9 Å². The Bertz CT molecular complexity index is 138. The molecule has 0 radical (unpaired) electrons. The van der Waals surface area contributed by atoms with Crippen molar-refractivity contribution in [1.29, 1.82) is 0 Å². The van der Waals surface area contributed by atoms with E-state index in [-0.39, 0.29) is 25.3 Å². The van der Waals surface area contributed by atoms with E-state index in [0.717, 1.165) is 0 Å². The summed E-state index contributed by atoms with van der Waals surface area (Å²) in [5, 5.41) is 9.79. The molecule has 0 aliphatic rings. The van der Waals surface area contributed by atoms with Gasteiger partial charge in [0, 0.05) is 6.42 Å². The Labute approximate surface area is 69.9 Å². The standard InChI is InChI=1S/C4H8N2O3.Li/c5-2(4(8)9)1-3(6)7;/h2H,1,5H2,(H2,6,7)(H,8,9);/q;+1/p-1/t2-;/m0./s1. The van der Waals surface area contributed by atoms with E-state index in [0.29, 0.717) is 0 Å². The number of carboxylic acids is 1. The molecule has 10 heavy (non-hydrogen) atoms. The molecule has 6 heteroatoms. The van der Waals surface area contributed by atoms with Crippen molar-refractivity contribution in [2.75, 3.05) is 0 Å². The van der Waals surface area contributed by atoms with E-state index in [4.69, 9.17) is 5.73 Å². The van der Waals surface area contributed by atoms with E-state index in [2.05, 4.69) is 5.73 Å². The van der Waals surface area contributed by atoms with Crippen LogP contribution in [0, 0.1) is 0 Å². The van der Waals surface area contributed by atoms with Crippen LogP contribution in [-0.2, 0) is 9.59 Å². The van der Waals surface area contributed by atoms with Gasteiger partial charge in [0.15, 0.2) is 0 Å². The first-order valence-electron chi connectivity index (χ1n) is 2.28. The van der Waals surface area contributed by atoms with Gasteiger partial charge < -0.3 is 21.4 Å². The molecule has 0 bridgehead atoms. The minimum Gasteiger partial charge on any atom is -0.548 e. The summed E-state index contributed by atoms with van der Waals surface area (Å²) >= 11 is 0. The summed E-state index contributed by atoms with van der Waals surface area (Å²) in [6, 6.07) is -1.28. The Morgan fingerprint density at radius 1 is 1.50 bits per heavy atom. The number of carboxylic acid groups (broad SMARTS) is 1. The molecule has 4 N–H and O–H groups in total. The number of hydrogen-bond acceptors (Lipinski definition) is 4. The molecule has 52 valence electrons. The molecule has 0 spiro atoms. The van der Waals surface area contributed by atoms with Gasteiger partial charge in [0.1, 0.15) is 0 Å². The molecule has 5 nitrogen and oxygen atoms in total. The third-order valence-corrected chi connectivity index (χ3v) is 0.724. The molecule has 0 aromatic carbocycles. The van der Waals surface area contributed by atoms with E-state index < -0.39 is 17.9 Å². The van der Waals surface area contributed by atoms with Gasteiger partial charge in [-0.25, -0.2) is 0 Å². The van der Waals surface area contributed by atoms with Crippen LogP contribution in [0.1, 0.15) is 6.42 Å². The normalized spacial score (nSPS) is 11.3. The zero-order chi connectivity index (χ0) is 7.44. The molecule has 0 aliphatic heterocycles. The molecule has 0 rings (SSSR count). The monoisotopic (exact) mass is 138 g/mol. The molecule has 0 aromatic heterocycles. The van der Waals surface area contributed by atoms with Gasteiger partial charge in [-0.3, -0.25) is 4.79 Å². The minimum atomic E-state index is -1.46. The first kappa shape index (κ1) is 12.2. The predicted octanol–water partition coefficient (Wildman–Crippen LogP) is -6.06. The predicted molar refractivity (Wildman–Crippen MR) is 26.8 cm³/mol. The van der Waals surface area contributed by atoms with E-state index in [1.165, 1.54) is 0 Å². The van der Waals surface area contributed by atoms with Crippen LogP contribution in [0.3, 0.4) is 0 Å². The maximum atomic E-state index is 9.97. The van der Waals surface area contributed by atoms with Crippen molar-refractivity contribution in [3.05, 3.63) is 0 Å². The van der Waals surface area contributed by atoms with Crippen LogP contribution in [0.25, 0.3) is 0 Å². The number of amides is 1. The average molecular weight is 138 g/mol. The minimum absolute atomic E-state index is 0. The Kier molecular flexibility index (Phi) is 6.46. The van der Waals surface area contributed by atoms with Crippen LogP contribution in [0.15, 0.2) is 0 Å². The molecule has 0 heterocycles. The second-order valence-electron chi connectivity index (χ2n) is 1.60. The summed E-state index contributed by atoms with van der Waals surface area (Å²) in [5.74, 6) is -2.21. The van der Waals surface area contributed by atoms with Gasteiger partial charge in [0.2, 0.25) is 5.91 Å². The van der Waals surface area contributed by atoms with E-state index in [9.17, 15) is 14.7 Å². The summed E-state index contributed by atoms with van der Waals surface area (Å²) < 4.78 is 0. The molecule has 0 unspecified atom stereocenters. The van der Waals surface area contributed by atoms with Gasteiger partial charge >= 0.3 is 18.9 Å². The van der Waals surface area contributed by atoms with Crippen molar-refractivity contribution in [2.24, 2.45) is 11.5 Å². The molecular weight excluding hydrogens is 131 g/mol. The Morgan fingerprint density at radius 3 is 2.00 bits per heavy atom. The third-order valence-electron chi connectivity index (χ3n) is 0.724. The third kappa shape index (κ3) is 5.63. The summed E-state index contributed by atoms with van der Waals surface area (Å²) in [6.45, 7) is 0. The van der Waals surface area contributed by atoms with E-state index in [1.54, 1.807) is 0 Å². The van der Waals surface area contributed by atoms with Gasteiger partial charge in [-0.1, -0.05) is 0 Å². The van der Waals surface area contributed by atoms with Crippen molar-refractivity contribution in [3.63, 3.8) is 0 Å². The fourth-order valence-electron chi connectivity index (χ4n) is 0.300. The van der Waals surface area contributed by atoms with Crippen molar-refractivity contribution in [2.45, 2.75) is 12.5 Å². The van der Waals surface area contributed by atoms with Crippen LogP contribution < -0.4 is 35.4 Å². The number of carbonyl (C=O) groups is 2. The first-order chi connectivity index (χ1) is 4.04. The van der Waals surface area contributed by atoms with E-state index >= 15 is 0 Å². The number of nitrogens with two attached hydrogens (primary N) is 2. The fraction of sp³-hybridized carbons (Fsp3) is 0.500. The van der Waals surface area contributed by atoms with Crippen molar-refractivity contribution in [3.8, 4) is 0 Å². The van der Waals surface area contributed by atoms with Gasteiger partial charge in [-0.2, -0.15) is 0 Å². The molecule has 0 aliphatic carbocycles. The maximum absolute atomic E-state index is 9.97. The number of carbonyl (C=O) groups excluding carboxylic acids is 2. The second kappa shape index (κ2) is 5.30. The van der Waals surface area contributed by atoms with Crippen LogP contribution >= 0.6 is 0 Å². The second-order valence-corrected chi connectivity index (χ2v) is 1.60. The quantitative estimate of drug-likeness (QED) is 0.378. The Morgan fingerprint density at radius 2 is 1.90 bits per heavy atom. The van der Waals surface area contributed by atoms with Crippen LogP contribution in [0.5, 0.6) is 0 Å². The molecule has 0 aromatic rings. The zero-order valence-electron chi connectivity index (χ0n) is 5.66. The molecule has 1 atom stereocenters. The number of hydrogen-bond donors (Lipinski definition) is 2. The molecule has 0 saturated carbocycles. The van der Waals surface area contributed by atoms with Crippen LogP contribution in [0.4, 0.5) is 0 Å². The maximum Gasteiger partial charge on any atom is 1.00 e. The molecule has 1 amide bonds. The topological polar surface area (TPSA) is 109 Å². The molecule has 0 fully saturated rings. The summed E-state index contributed by atoms with van der Waals surface area (Å²) in [5.41, 5.74) is 9.48. The molecule has 0 saturated heterocycles. The van der Waals surface area contributed by atoms with Crippen LogP contribution in [0.2, 0.25) is 0 Å². The summed E-state index contributed by atoms with van der Waals surface area (Å²) in [7, 11) is 0. The van der Waals surface area contributed by atoms with Crippen molar-refractivity contribution < 1.29 is 33.6 Å². The van der Waals surface area contributed by atoms with Gasteiger partial charge in [-0.05, 0) is 0 Å². The van der Waals surface area contributed by atoms with Gasteiger partial charge in [-0.15, -0.1) is 0 Å². The number of aliphatic carboxylic acids is 1. The molecular formula is C4H7LiN2O3. The zero-order valence-corrected chi connectivity index (χ0v) is 5.66. The van der Waals surface area contributed by atoms with Gasteiger partial charge in [0.25, 0.3) is 0 Å². The first-order valence-corrected chi connectivity index (χ1v) is 2.28. The Hall–Kier alpha value is -0.503. The van der Waals surface area contributed by atoms with Crippen molar-refractivity contribution >= 4 is 11.9 Å². The fourth-order valence-corrected chi connectivity index (χ4v) is 0.300. The number of rotatable bonds is 3. The van der Waals surface area contributed by atoms with E-state index in [1.807, 2.05) is 0 Å². The summed E-state index contributed by atoms with van der Waals surface area (Å²) in [4.78, 5) is 19.8. The summed E-state index contributed by atoms with van der Waals surface area (Å²) in [6.07, 6.45) is -0.373. The average Bonchev–Trinajstić information content (AvgIpc) is 1.63. The largest absolute Gasteiger partial charge is 1.00 e. The van der Waals surface area contributed by atoms with Gasteiger partial charge in [0.05, 0.1) is 12.0 Å². The van der Waals surface area contributed by atoms with Crippen molar-refractivity contribution in [1.82, 2.24) is 0 Å². The number of primary amides is 1. The smallest absolute Gasteiger partial charge is 0.548 e.